The number of rotatable bonds is 3. The molecule has 0 bridgehead atoms. The minimum Gasteiger partial charge on any atom is -0.489 e. The van der Waals surface area contributed by atoms with E-state index < -0.39 is 0 Å². The Morgan fingerprint density at radius 2 is 2.11 bits per heavy atom. The fraction of sp³-hybridized carbons (Fsp3) is 0.375. The van der Waals surface area contributed by atoms with E-state index in [1.807, 2.05) is 7.05 Å². The zero-order valence-corrected chi connectivity index (χ0v) is 11.5. The number of anilines is 1. The largest absolute Gasteiger partial charge is 0.489 e. The Morgan fingerprint density at radius 3 is 2.95 bits per heavy atom. The molecule has 0 aromatic heterocycles. The molecule has 3 nitrogen and oxygen atoms in total. The molecular formula is C16H20N2O. The van der Waals surface area contributed by atoms with Crippen LogP contribution in [0.1, 0.15) is 6.92 Å². The maximum absolute atomic E-state index is 5.89. The third-order valence-electron chi connectivity index (χ3n) is 3.77. The number of hydrogen-bond donors (Lipinski definition) is 1. The molecule has 1 heterocycles. The van der Waals surface area contributed by atoms with Crippen molar-refractivity contribution in [3.63, 3.8) is 0 Å². The van der Waals surface area contributed by atoms with Crippen molar-refractivity contribution in [2.24, 2.45) is 0 Å². The van der Waals surface area contributed by atoms with Crippen LogP contribution in [0, 0.1) is 0 Å². The van der Waals surface area contributed by atoms with Gasteiger partial charge in [-0.3, -0.25) is 0 Å². The highest BCUT2D eigenvalue weighted by Crippen LogP contribution is 2.39. The minimum absolute atomic E-state index is 0.409. The monoisotopic (exact) mass is 256 g/mol. The summed E-state index contributed by atoms with van der Waals surface area (Å²) in [5.41, 5.74) is 1.24. The maximum atomic E-state index is 5.89. The molecule has 19 heavy (non-hydrogen) atoms. The van der Waals surface area contributed by atoms with E-state index in [9.17, 15) is 0 Å². The van der Waals surface area contributed by atoms with Crippen LogP contribution in [0.3, 0.4) is 0 Å². The van der Waals surface area contributed by atoms with Crippen LogP contribution >= 0.6 is 0 Å². The van der Waals surface area contributed by atoms with Crippen LogP contribution < -0.4 is 15.0 Å². The molecule has 2 aromatic rings. The molecule has 1 N–H and O–H groups in total. The molecule has 0 saturated carbocycles. The third kappa shape index (κ3) is 2.15. The van der Waals surface area contributed by atoms with Crippen molar-refractivity contribution in [1.82, 2.24) is 5.32 Å². The van der Waals surface area contributed by atoms with Gasteiger partial charge >= 0.3 is 0 Å². The highest BCUT2D eigenvalue weighted by molar-refractivity contribution is 5.97. The summed E-state index contributed by atoms with van der Waals surface area (Å²) in [5, 5.41) is 5.78. The van der Waals surface area contributed by atoms with Crippen LogP contribution in [0.15, 0.2) is 36.4 Å². The van der Waals surface area contributed by atoms with Crippen molar-refractivity contribution in [3.05, 3.63) is 36.4 Å². The van der Waals surface area contributed by atoms with Crippen LogP contribution in [-0.4, -0.2) is 32.8 Å². The van der Waals surface area contributed by atoms with Gasteiger partial charge in [-0.25, -0.2) is 0 Å². The first-order valence-electron chi connectivity index (χ1n) is 6.87. The molecule has 0 fully saturated rings. The van der Waals surface area contributed by atoms with Gasteiger partial charge in [0.1, 0.15) is 12.4 Å². The molecule has 1 unspecified atom stereocenters. The lowest BCUT2D eigenvalue weighted by molar-refractivity contribution is 0.271. The zero-order valence-electron chi connectivity index (χ0n) is 11.5. The normalized spacial score (nSPS) is 18.2. The molecule has 100 valence electrons. The molecule has 0 amide bonds. The third-order valence-corrected chi connectivity index (χ3v) is 3.77. The first-order valence-corrected chi connectivity index (χ1v) is 6.87. The van der Waals surface area contributed by atoms with Crippen LogP contribution in [0.25, 0.3) is 10.8 Å². The standard InChI is InChI=1S/C16H20N2O/c1-12-11-19-15-8-7-13-5-3-4-6-14(13)16(15)18(12)10-9-17-2/h3-8,12,17H,9-11H2,1-2H3. The van der Waals surface area contributed by atoms with E-state index in [1.54, 1.807) is 0 Å². The number of fused-ring (bicyclic) bond motifs is 3. The summed E-state index contributed by atoms with van der Waals surface area (Å²) in [6, 6.07) is 13.2. The Balaban J connectivity index is 2.13. The lowest BCUT2D eigenvalue weighted by Gasteiger charge is -2.37. The number of nitrogens with zero attached hydrogens (tertiary/aromatic N) is 1. The van der Waals surface area contributed by atoms with Gasteiger partial charge in [-0.05, 0) is 25.4 Å². The Hall–Kier alpha value is -1.74. The van der Waals surface area contributed by atoms with Crippen LogP contribution in [0.2, 0.25) is 0 Å². The van der Waals surface area contributed by atoms with Gasteiger partial charge in [0.05, 0.1) is 11.7 Å². The zero-order chi connectivity index (χ0) is 13.2. The van der Waals surface area contributed by atoms with Crippen LogP contribution in [0.5, 0.6) is 5.75 Å². The Labute approximate surface area is 114 Å². The highest BCUT2D eigenvalue weighted by Gasteiger charge is 2.25. The summed E-state index contributed by atoms with van der Waals surface area (Å²) in [5.74, 6) is 1.01. The van der Waals surface area contributed by atoms with Crippen molar-refractivity contribution in [2.45, 2.75) is 13.0 Å². The number of nitrogens with one attached hydrogen (secondary N) is 1. The average Bonchev–Trinajstić information content (AvgIpc) is 2.46. The summed E-state index contributed by atoms with van der Waals surface area (Å²) in [6.45, 7) is 4.96. The Morgan fingerprint density at radius 1 is 1.26 bits per heavy atom. The quantitative estimate of drug-likeness (QED) is 0.913. The summed E-state index contributed by atoms with van der Waals surface area (Å²) < 4.78 is 5.89. The topological polar surface area (TPSA) is 24.5 Å². The van der Waals surface area contributed by atoms with Gasteiger partial charge in [-0.2, -0.15) is 0 Å². The first kappa shape index (κ1) is 12.3. The summed E-state index contributed by atoms with van der Waals surface area (Å²) in [4.78, 5) is 2.46. The van der Waals surface area contributed by atoms with Crippen molar-refractivity contribution in [2.75, 3.05) is 31.6 Å². The average molecular weight is 256 g/mol. The molecule has 1 atom stereocenters. The SMILES string of the molecule is CNCCN1c2c(ccc3ccccc23)OCC1C. The van der Waals surface area contributed by atoms with Gasteiger partial charge in [0.25, 0.3) is 0 Å². The molecule has 2 aromatic carbocycles. The van der Waals surface area contributed by atoms with Gasteiger partial charge in [-0.1, -0.05) is 30.3 Å². The predicted octanol–water partition coefficient (Wildman–Crippen LogP) is 2.65. The minimum atomic E-state index is 0.409. The summed E-state index contributed by atoms with van der Waals surface area (Å²) in [6.07, 6.45) is 0. The van der Waals surface area contributed by atoms with Gasteiger partial charge in [-0.15, -0.1) is 0 Å². The van der Waals surface area contributed by atoms with Crippen molar-refractivity contribution >= 4 is 16.5 Å². The Bertz CT molecular complexity index is 582. The van der Waals surface area contributed by atoms with Crippen molar-refractivity contribution in [3.8, 4) is 5.75 Å². The second kappa shape index (κ2) is 5.10. The lowest BCUT2D eigenvalue weighted by atomic mass is 10.0. The molecular weight excluding hydrogens is 236 g/mol. The highest BCUT2D eigenvalue weighted by atomic mass is 16.5. The van der Waals surface area contributed by atoms with Gasteiger partial charge in [0.2, 0.25) is 0 Å². The molecule has 0 spiro atoms. The van der Waals surface area contributed by atoms with E-state index >= 15 is 0 Å². The van der Waals surface area contributed by atoms with Crippen LogP contribution in [0.4, 0.5) is 5.69 Å². The fourth-order valence-electron chi connectivity index (χ4n) is 2.73. The van der Waals surface area contributed by atoms with Gasteiger partial charge in [0, 0.05) is 18.5 Å². The number of benzene rings is 2. The molecule has 0 aliphatic carbocycles. The number of ether oxygens (including phenoxy) is 1. The molecule has 1 aliphatic heterocycles. The second-order valence-corrected chi connectivity index (χ2v) is 5.09. The second-order valence-electron chi connectivity index (χ2n) is 5.09. The number of likely N-dealkylation sites (N-methyl/N-ethyl adjacent to an activating group) is 1. The van der Waals surface area contributed by atoms with E-state index in [2.05, 4.69) is 53.5 Å². The summed E-state index contributed by atoms with van der Waals surface area (Å²) in [7, 11) is 2.00. The van der Waals surface area contributed by atoms with E-state index in [-0.39, 0.29) is 0 Å². The van der Waals surface area contributed by atoms with E-state index in [1.165, 1.54) is 16.5 Å². The smallest absolute Gasteiger partial charge is 0.143 e. The summed E-state index contributed by atoms with van der Waals surface area (Å²) >= 11 is 0. The van der Waals surface area contributed by atoms with Crippen molar-refractivity contribution < 1.29 is 4.74 Å². The van der Waals surface area contributed by atoms with E-state index in [4.69, 9.17) is 4.74 Å². The van der Waals surface area contributed by atoms with Crippen molar-refractivity contribution in [1.29, 1.82) is 0 Å². The van der Waals surface area contributed by atoms with Crippen LogP contribution in [-0.2, 0) is 0 Å². The molecule has 3 rings (SSSR count). The molecule has 0 saturated heterocycles. The maximum Gasteiger partial charge on any atom is 0.143 e. The number of hydrogen-bond acceptors (Lipinski definition) is 3. The van der Waals surface area contributed by atoms with Gasteiger partial charge in [0.15, 0.2) is 0 Å². The van der Waals surface area contributed by atoms with Gasteiger partial charge < -0.3 is 15.0 Å². The fourth-order valence-corrected chi connectivity index (χ4v) is 2.73. The molecule has 0 radical (unpaired) electrons. The Kier molecular flexibility index (Phi) is 3.30. The predicted molar refractivity (Wildman–Crippen MR) is 80.2 cm³/mol. The molecule has 3 heteroatoms. The first-order chi connectivity index (χ1) is 9.31. The lowest BCUT2D eigenvalue weighted by Crippen LogP contribution is -2.44. The molecule has 1 aliphatic rings. The van der Waals surface area contributed by atoms with E-state index in [0.717, 1.165) is 25.4 Å². The van der Waals surface area contributed by atoms with E-state index in [0.29, 0.717) is 6.04 Å².